The van der Waals surface area contributed by atoms with E-state index >= 15 is 0 Å². The van der Waals surface area contributed by atoms with Crippen molar-refractivity contribution < 1.29 is 14.3 Å². The molecular weight excluding hydrogens is 386 g/mol. The van der Waals surface area contributed by atoms with Crippen molar-refractivity contribution in [3.05, 3.63) is 48.0 Å². The molecule has 0 aliphatic carbocycles. The predicted octanol–water partition coefficient (Wildman–Crippen LogP) is 3.85. The van der Waals surface area contributed by atoms with Crippen LogP contribution in [0, 0.1) is 5.92 Å². The first-order valence-corrected chi connectivity index (χ1v) is 10.6. The van der Waals surface area contributed by atoms with Gasteiger partial charge in [0.25, 0.3) is 0 Å². The van der Waals surface area contributed by atoms with Gasteiger partial charge < -0.3 is 19.7 Å². The number of ether oxygens (including phenoxy) is 2. The fourth-order valence-corrected chi connectivity index (χ4v) is 4.66. The average molecular weight is 412 g/mol. The number of hydrogen-bond donors (Lipinski definition) is 1. The van der Waals surface area contributed by atoms with E-state index in [0.717, 1.165) is 51.8 Å². The number of fused-ring (bicyclic) bond motifs is 1. The van der Waals surface area contributed by atoms with E-state index in [0.29, 0.717) is 13.1 Å². The molecule has 0 saturated carbocycles. The fourth-order valence-electron chi connectivity index (χ4n) is 3.64. The molecule has 1 N–H and O–H groups in total. The number of rotatable bonds is 6. The molecule has 7 heteroatoms. The first-order chi connectivity index (χ1) is 14.2. The van der Waals surface area contributed by atoms with Crippen molar-refractivity contribution in [3.8, 4) is 11.5 Å². The maximum Gasteiger partial charge on any atom is 0.225 e. The highest BCUT2D eigenvalue weighted by Crippen LogP contribution is 2.33. The fraction of sp³-hybridized carbons (Fsp3) is 0.364. The molecule has 0 bridgehead atoms. The minimum Gasteiger partial charge on any atom is -0.497 e. The zero-order valence-electron chi connectivity index (χ0n) is 16.7. The molecule has 0 radical (unpaired) electrons. The summed E-state index contributed by atoms with van der Waals surface area (Å²) in [7, 11) is 3.31. The molecule has 1 aliphatic heterocycles. The van der Waals surface area contributed by atoms with Crippen LogP contribution in [-0.4, -0.2) is 38.2 Å². The standard InChI is InChI=1S/C22H25N3O3S/c1-27-17-7-3-5-15(11-17)13-23-21(26)16-6-4-10-25(14-16)22-24-19-9-8-18(28-2)12-20(19)29-22/h3,5,7-9,11-12,16H,4,6,10,13-14H2,1-2H3,(H,23,26). The Morgan fingerprint density at radius 3 is 2.86 bits per heavy atom. The normalized spacial score (nSPS) is 16.6. The Hall–Kier alpha value is -2.80. The quantitative estimate of drug-likeness (QED) is 0.668. The van der Waals surface area contributed by atoms with E-state index in [1.165, 1.54) is 0 Å². The van der Waals surface area contributed by atoms with Crippen LogP contribution in [0.1, 0.15) is 18.4 Å². The van der Waals surface area contributed by atoms with Gasteiger partial charge in [0, 0.05) is 19.6 Å². The summed E-state index contributed by atoms with van der Waals surface area (Å²) in [6, 6.07) is 13.7. The number of nitrogens with one attached hydrogen (secondary N) is 1. The van der Waals surface area contributed by atoms with Crippen molar-refractivity contribution in [2.45, 2.75) is 19.4 Å². The van der Waals surface area contributed by atoms with Gasteiger partial charge in [-0.2, -0.15) is 0 Å². The van der Waals surface area contributed by atoms with Crippen LogP contribution < -0.4 is 19.7 Å². The smallest absolute Gasteiger partial charge is 0.225 e. The van der Waals surface area contributed by atoms with Crippen LogP contribution in [0.4, 0.5) is 5.13 Å². The molecule has 29 heavy (non-hydrogen) atoms. The van der Waals surface area contributed by atoms with Gasteiger partial charge in [-0.05, 0) is 48.7 Å². The van der Waals surface area contributed by atoms with Gasteiger partial charge >= 0.3 is 0 Å². The summed E-state index contributed by atoms with van der Waals surface area (Å²) in [5, 5.41) is 4.05. The lowest BCUT2D eigenvalue weighted by atomic mass is 9.97. The molecule has 1 amide bonds. The number of carbonyl (C=O) groups excluding carboxylic acids is 1. The van der Waals surface area contributed by atoms with Crippen molar-refractivity contribution in [3.63, 3.8) is 0 Å². The molecule has 1 aliphatic rings. The molecule has 1 atom stereocenters. The van der Waals surface area contributed by atoms with Crippen LogP contribution >= 0.6 is 11.3 Å². The van der Waals surface area contributed by atoms with E-state index in [1.54, 1.807) is 25.6 Å². The lowest BCUT2D eigenvalue weighted by Crippen LogP contribution is -2.42. The van der Waals surface area contributed by atoms with Crippen molar-refractivity contribution in [1.82, 2.24) is 10.3 Å². The first kappa shape index (κ1) is 19.5. The van der Waals surface area contributed by atoms with Crippen molar-refractivity contribution in [1.29, 1.82) is 0 Å². The summed E-state index contributed by atoms with van der Waals surface area (Å²) < 4.78 is 11.7. The van der Waals surface area contributed by atoms with Crippen LogP contribution in [-0.2, 0) is 11.3 Å². The molecule has 4 rings (SSSR count). The Morgan fingerprint density at radius 1 is 1.21 bits per heavy atom. The summed E-state index contributed by atoms with van der Waals surface area (Å²) in [4.78, 5) is 19.7. The highest BCUT2D eigenvalue weighted by atomic mass is 32.1. The second-order valence-corrected chi connectivity index (χ2v) is 8.19. The Kier molecular flexibility index (Phi) is 5.85. The summed E-state index contributed by atoms with van der Waals surface area (Å²) in [6.45, 7) is 2.13. The molecule has 2 heterocycles. The van der Waals surface area contributed by atoms with Gasteiger partial charge in [0.05, 0.1) is 30.4 Å². The first-order valence-electron chi connectivity index (χ1n) is 9.76. The van der Waals surface area contributed by atoms with Gasteiger partial charge in [0.2, 0.25) is 5.91 Å². The van der Waals surface area contributed by atoms with Gasteiger partial charge in [-0.3, -0.25) is 4.79 Å². The van der Waals surface area contributed by atoms with Crippen LogP contribution in [0.25, 0.3) is 10.2 Å². The van der Waals surface area contributed by atoms with Crippen molar-refractivity contribution in [2.24, 2.45) is 5.92 Å². The number of anilines is 1. The lowest BCUT2D eigenvalue weighted by molar-refractivity contribution is -0.125. The molecule has 6 nitrogen and oxygen atoms in total. The Balaban J connectivity index is 1.40. The number of nitrogens with zero attached hydrogens (tertiary/aromatic N) is 2. The van der Waals surface area contributed by atoms with E-state index in [-0.39, 0.29) is 11.8 Å². The van der Waals surface area contributed by atoms with E-state index in [9.17, 15) is 4.79 Å². The number of carbonyl (C=O) groups is 1. The monoisotopic (exact) mass is 411 g/mol. The highest BCUT2D eigenvalue weighted by molar-refractivity contribution is 7.22. The summed E-state index contributed by atoms with van der Waals surface area (Å²) in [6.07, 6.45) is 1.88. The van der Waals surface area contributed by atoms with Crippen molar-refractivity contribution in [2.75, 3.05) is 32.2 Å². The highest BCUT2D eigenvalue weighted by Gasteiger charge is 2.27. The minimum absolute atomic E-state index is 0.0316. The Bertz CT molecular complexity index is 1000. The third-order valence-corrected chi connectivity index (χ3v) is 6.33. The zero-order valence-corrected chi connectivity index (χ0v) is 17.5. The van der Waals surface area contributed by atoms with Gasteiger partial charge in [-0.25, -0.2) is 4.98 Å². The molecular formula is C22H25N3O3S. The predicted molar refractivity (Wildman–Crippen MR) is 116 cm³/mol. The van der Waals surface area contributed by atoms with E-state index < -0.39 is 0 Å². The third-order valence-electron chi connectivity index (χ3n) is 5.25. The second-order valence-electron chi connectivity index (χ2n) is 7.18. The molecule has 3 aromatic rings. The molecule has 1 saturated heterocycles. The number of piperidine rings is 1. The van der Waals surface area contributed by atoms with E-state index in [2.05, 4.69) is 10.2 Å². The SMILES string of the molecule is COc1cccc(CNC(=O)C2CCCN(c3nc4ccc(OC)cc4s3)C2)c1. The van der Waals surface area contributed by atoms with Gasteiger partial charge in [0.1, 0.15) is 11.5 Å². The van der Waals surface area contributed by atoms with E-state index in [4.69, 9.17) is 14.5 Å². The third kappa shape index (κ3) is 4.45. The zero-order chi connectivity index (χ0) is 20.2. The summed E-state index contributed by atoms with van der Waals surface area (Å²) in [5.74, 6) is 1.70. The number of benzene rings is 2. The van der Waals surface area contributed by atoms with Crippen LogP contribution in [0.3, 0.4) is 0 Å². The number of aromatic nitrogens is 1. The number of hydrogen-bond acceptors (Lipinski definition) is 6. The largest absolute Gasteiger partial charge is 0.497 e. The minimum atomic E-state index is -0.0316. The van der Waals surface area contributed by atoms with E-state index in [1.807, 2.05) is 42.5 Å². The Morgan fingerprint density at radius 2 is 2.03 bits per heavy atom. The van der Waals surface area contributed by atoms with Gasteiger partial charge in [-0.1, -0.05) is 23.5 Å². The molecule has 1 unspecified atom stereocenters. The molecule has 1 aromatic heterocycles. The Labute approximate surface area is 174 Å². The topological polar surface area (TPSA) is 63.7 Å². The number of thiazole rings is 1. The summed E-state index contributed by atoms with van der Waals surface area (Å²) >= 11 is 1.65. The van der Waals surface area contributed by atoms with Crippen LogP contribution in [0.5, 0.6) is 11.5 Å². The van der Waals surface area contributed by atoms with Gasteiger partial charge in [-0.15, -0.1) is 0 Å². The maximum absolute atomic E-state index is 12.8. The van der Waals surface area contributed by atoms with Crippen molar-refractivity contribution >= 4 is 32.6 Å². The molecule has 2 aromatic carbocycles. The average Bonchev–Trinajstić information content (AvgIpc) is 3.21. The summed E-state index contributed by atoms with van der Waals surface area (Å²) in [5.41, 5.74) is 2.00. The second kappa shape index (κ2) is 8.69. The van der Waals surface area contributed by atoms with Crippen LogP contribution in [0.2, 0.25) is 0 Å². The molecule has 1 fully saturated rings. The maximum atomic E-state index is 12.8. The van der Waals surface area contributed by atoms with Gasteiger partial charge in [0.15, 0.2) is 5.13 Å². The molecule has 152 valence electrons. The lowest BCUT2D eigenvalue weighted by Gasteiger charge is -2.31. The van der Waals surface area contributed by atoms with Crippen LogP contribution in [0.15, 0.2) is 42.5 Å². The molecule has 0 spiro atoms. The number of amides is 1. The number of methoxy groups -OCH3 is 2.